The fourth-order valence-corrected chi connectivity index (χ4v) is 13.4. The first-order chi connectivity index (χ1) is 64.1. The van der Waals surface area contributed by atoms with Gasteiger partial charge in [-0.3, -0.25) is 28.8 Å². The summed E-state index contributed by atoms with van der Waals surface area (Å²) in [6.07, 6.45) is 1.73. The quantitative estimate of drug-likeness (QED) is 0.0207. The fraction of sp³-hybridized carbons (Fsp3) is 0.358. The van der Waals surface area contributed by atoms with Gasteiger partial charge in [-0.1, -0.05) is 244 Å². The number of rotatable bonds is 45. The van der Waals surface area contributed by atoms with E-state index in [1.165, 1.54) is 0 Å². The normalized spacial score (nSPS) is 10.6. The maximum atomic E-state index is 12.9. The van der Waals surface area contributed by atoms with E-state index in [1.807, 2.05) is 288 Å². The number of halogens is 1. The van der Waals surface area contributed by atoms with Gasteiger partial charge < -0.3 is 89.4 Å². The van der Waals surface area contributed by atoms with Gasteiger partial charge >= 0.3 is 12.1 Å². The first-order valence-electron chi connectivity index (χ1n) is 45.0. The highest BCUT2D eigenvalue weighted by molar-refractivity contribution is 6.30. The topological polar surface area (TPSA) is 296 Å². The second-order valence-electron chi connectivity index (χ2n) is 32.6. The number of carbonyl (C=O) groups excluding carboxylic acids is 8. The van der Waals surface area contributed by atoms with Gasteiger partial charge in [0.1, 0.15) is 26.4 Å². The third-order valence-corrected chi connectivity index (χ3v) is 20.8. The molecule has 0 atom stereocenters. The van der Waals surface area contributed by atoms with E-state index >= 15 is 0 Å². The summed E-state index contributed by atoms with van der Waals surface area (Å²) in [5.41, 5.74) is 10.4. The number of benzene rings is 10. The van der Waals surface area contributed by atoms with Crippen LogP contribution in [0.3, 0.4) is 0 Å². The van der Waals surface area contributed by atoms with Gasteiger partial charge in [-0.15, -0.1) is 0 Å². The predicted octanol–water partition coefficient (Wildman–Crippen LogP) is 19.1. The molecule has 0 heterocycles. The second kappa shape index (κ2) is 58.1. The highest BCUT2D eigenvalue weighted by Crippen LogP contribution is 2.34. The first-order valence-corrected chi connectivity index (χ1v) is 45.4. The molecule has 10 aromatic carbocycles. The van der Waals surface area contributed by atoms with Crippen LogP contribution >= 0.6 is 11.6 Å². The Balaban J connectivity index is 0.000000243. The Hall–Kier alpha value is -13.8. The minimum absolute atomic E-state index is 0.00159. The van der Waals surface area contributed by atoms with Crippen molar-refractivity contribution in [1.29, 1.82) is 0 Å². The molecular formula is C106H133ClN10O16. The molecule has 133 heavy (non-hydrogen) atoms. The summed E-state index contributed by atoms with van der Waals surface area (Å²) in [5, 5.41) is 17.5. The molecule has 0 aliphatic heterocycles. The summed E-state index contributed by atoms with van der Waals surface area (Å²) in [6, 6.07) is 76.2. The van der Waals surface area contributed by atoms with Crippen molar-refractivity contribution >= 4 is 70.5 Å². The molecule has 10 rings (SSSR count). The highest BCUT2D eigenvalue weighted by Gasteiger charge is 2.25. The van der Waals surface area contributed by atoms with Crippen molar-refractivity contribution in [1.82, 2.24) is 40.9 Å². The first kappa shape index (κ1) is 106. The molecule has 0 aromatic heterocycles. The molecule has 0 bridgehead atoms. The largest absolute Gasteiger partial charge is 0.493 e. The average molecular weight is 1840 g/mol. The average Bonchev–Trinajstić information content (AvgIpc) is 0.880. The molecule has 10 amide bonds. The van der Waals surface area contributed by atoms with Crippen LogP contribution < -0.4 is 69.8 Å². The summed E-state index contributed by atoms with van der Waals surface area (Å²) in [4.78, 5) is 106. The zero-order valence-electron chi connectivity index (χ0n) is 79.5. The molecule has 0 radical (unpaired) electrons. The second-order valence-corrected chi connectivity index (χ2v) is 33.1. The van der Waals surface area contributed by atoms with Crippen LogP contribution in [0, 0.1) is 30.6 Å². The zero-order chi connectivity index (χ0) is 96.4. The van der Waals surface area contributed by atoms with Crippen LogP contribution in [0.25, 0.3) is 0 Å². The van der Waals surface area contributed by atoms with Crippen molar-refractivity contribution in [3.05, 3.63) is 298 Å². The minimum Gasteiger partial charge on any atom is -0.493 e. The minimum atomic E-state index is -0.351. The summed E-state index contributed by atoms with van der Waals surface area (Å²) in [5.74, 6) is 4.55. The Labute approximate surface area is 790 Å². The lowest BCUT2D eigenvalue weighted by molar-refractivity contribution is -0.136. The molecule has 6 N–H and O–H groups in total. The Bertz CT molecular complexity index is 5030. The molecule has 0 fully saturated rings. The van der Waals surface area contributed by atoms with E-state index in [9.17, 15) is 38.4 Å². The van der Waals surface area contributed by atoms with Crippen LogP contribution in [0.5, 0.6) is 46.0 Å². The smallest absolute Gasteiger partial charge is 0.319 e. The molecule has 0 saturated carbocycles. The molecule has 10 aromatic rings. The van der Waals surface area contributed by atoms with Crippen LogP contribution in [-0.2, 0) is 81.4 Å². The Morgan fingerprint density at radius 3 is 0.812 bits per heavy atom. The SMILES string of the molecule is CCC(=O)NCCN(Cc1ccc(OCc2ccccc2)c(OC)c1)C(=O)C(C)C.CCCC(=O)NCCN(Cc1ccc(OCc2ccccc2)c(OC)c1)C(=O)C(C)C.COc1cc(CN(CCNC(=O)Nc2ccc(C)cc2)C(=O)C(C)C)ccc1OCc1ccccc1.COc1cc(CN(CCNC(=O)Nc2ccc(Cl)cc2)C(=O)C(C)C)ccc1OCc1ccccc1. The molecule has 0 aliphatic carbocycles. The van der Waals surface area contributed by atoms with Crippen LogP contribution in [0.4, 0.5) is 21.0 Å². The Morgan fingerprint density at radius 2 is 0.564 bits per heavy atom. The van der Waals surface area contributed by atoms with Crippen LogP contribution in [-0.4, -0.2) is 148 Å². The highest BCUT2D eigenvalue weighted by atomic mass is 35.5. The van der Waals surface area contributed by atoms with E-state index in [2.05, 4.69) is 31.9 Å². The number of hydrogen-bond donors (Lipinski definition) is 6. The van der Waals surface area contributed by atoms with Gasteiger partial charge in [0.15, 0.2) is 46.0 Å². The van der Waals surface area contributed by atoms with E-state index in [1.54, 1.807) is 79.2 Å². The van der Waals surface area contributed by atoms with Gasteiger partial charge in [0, 0.05) is 131 Å². The third kappa shape index (κ3) is 38.7. The van der Waals surface area contributed by atoms with Crippen molar-refractivity contribution in [2.24, 2.45) is 23.7 Å². The van der Waals surface area contributed by atoms with Gasteiger partial charge in [0.05, 0.1) is 28.4 Å². The van der Waals surface area contributed by atoms with Crippen LogP contribution in [0.15, 0.2) is 243 Å². The molecule has 0 spiro atoms. The number of ether oxygens (including phenoxy) is 8. The summed E-state index contributed by atoms with van der Waals surface area (Å²) in [7, 11) is 6.40. The Morgan fingerprint density at radius 1 is 0.308 bits per heavy atom. The Kier molecular flexibility index (Phi) is 46.4. The number of amides is 10. The number of methoxy groups -OCH3 is 4. The van der Waals surface area contributed by atoms with Gasteiger partial charge in [-0.2, -0.15) is 0 Å². The molecule has 27 heteroatoms. The van der Waals surface area contributed by atoms with Crippen molar-refractivity contribution in [2.45, 2.75) is 148 Å². The number of urea groups is 2. The van der Waals surface area contributed by atoms with Crippen LogP contribution in [0.2, 0.25) is 5.02 Å². The third-order valence-electron chi connectivity index (χ3n) is 20.5. The van der Waals surface area contributed by atoms with Crippen molar-refractivity contribution < 1.29 is 76.3 Å². The lowest BCUT2D eigenvalue weighted by Crippen LogP contribution is -2.41. The van der Waals surface area contributed by atoms with Gasteiger partial charge in [0.25, 0.3) is 0 Å². The molecule has 0 saturated heterocycles. The van der Waals surface area contributed by atoms with E-state index in [-0.39, 0.29) is 71.2 Å². The molecule has 0 aliphatic rings. The van der Waals surface area contributed by atoms with Crippen LogP contribution in [0.1, 0.15) is 139 Å². The predicted molar refractivity (Wildman–Crippen MR) is 524 cm³/mol. The van der Waals surface area contributed by atoms with Gasteiger partial charge in [-0.05, 0) is 143 Å². The number of aryl methyl sites for hydroxylation is 1. The monoisotopic (exact) mass is 1840 g/mol. The van der Waals surface area contributed by atoms with Crippen molar-refractivity contribution in [3.63, 3.8) is 0 Å². The lowest BCUT2D eigenvalue weighted by atomic mass is 10.1. The summed E-state index contributed by atoms with van der Waals surface area (Å²) in [6.45, 7) is 27.3. The number of nitrogens with zero attached hydrogens (tertiary/aromatic N) is 4. The molecular weight excluding hydrogens is 1700 g/mol. The maximum absolute atomic E-state index is 12.9. The lowest BCUT2D eigenvalue weighted by Gasteiger charge is -2.25. The summed E-state index contributed by atoms with van der Waals surface area (Å²) >= 11 is 5.88. The molecule has 26 nitrogen and oxygen atoms in total. The number of hydrogen-bond acceptors (Lipinski definition) is 16. The van der Waals surface area contributed by atoms with Crippen molar-refractivity contribution in [2.75, 3.05) is 91.4 Å². The van der Waals surface area contributed by atoms with Gasteiger partial charge in [-0.25, -0.2) is 9.59 Å². The van der Waals surface area contributed by atoms with E-state index in [0.29, 0.717) is 175 Å². The standard InChI is InChI=1S/C29H35N3O4.C28H32ClN3O4.C25H34N2O4.C24H32N2O4/c1-21(2)28(33)32(17-16-30-29(34)31-25-13-10-22(3)11-14-25)19-24-12-15-26(27(18-24)35-4)36-20-23-8-6-5-7-9-23;1-20(2)27(33)32(16-15-30-28(34)31-24-12-10-23(29)11-13-24)18-22-9-14-25(26(17-22)35-3)36-19-21-7-5-4-6-8-21;1-5-9-24(28)26-14-15-27(25(29)19(2)3)17-21-12-13-22(23(16-21)30-4)31-18-20-10-7-6-8-11-20;1-5-23(27)25-13-14-26(24(28)18(2)3)16-20-11-12-21(22(15-20)29-4)30-17-19-9-7-6-8-10-19/h5-15,18,21H,16-17,19-20H2,1-4H3,(H2,30,31,34);4-14,17,20H,15-16,18-19H2,1-3H3,(H2,30,31,34);6-8,10-13,16,19H,5,9,14-15,17-18H2,1-4H3,(H,26,28);6-12,15,18H,5,13-14,16-17H2,1-4H3,(H,25,27). The zero-order valence-corrected chi connectivity index (χ0v) is 80.3. The van der Waals surface area contributed by atoms with Crippen molar-refractivity contribution in [3.8, 4) is 46.0 Å². The molecule has 710 valence electrons. The van der Waals surface area contributed by atoms with Gasteiger partial charge in [0.2, 0.25) is 35.4 Å². The van der Waals surface area contributed by atoms with E-state index in [0.717, 1.165) is 62.2 Å². The van der Waals surface area contributed by atoms with E-state index in [4.69, 9.17) is 49.5 Å². The summed E-state index contributed by atoms with van der Waals surface area (Å²) < 4.78 is 45.8. The molecule has 0 unspecified atom stereocenters. The number of nitrogens with one attached hydrogen (secondary N) is 6. The van der Waals surface area contributed by atoms with E-state index < -0.39 is 0 Å². The fourth-order valence-electron chi connectivity index (χ4n) is 13.3. The number of anilines is 2. The maximum Gasteiger partial charge on any atom is 0.319 e. The number of carbonyl (C=O) groups is 8.